The number of amides is 1. The fourth-order valence-electron chi connectivity index (χ4n) is 3.39. The molecule has 4 aromatic rings. The minimum Gasteiger partial charge on any atom is -0.467 e. The van der Waals surface area contributed by atoms with Crippen LogP contribution in [0.1, 0.15) is 28.2 Å². The maximum absolute atomic E-state index is 13.1. The molecule has 0 atom stereocenters. The van der Waals surface area contributed by atoms with Crippen molar-refractivity contribution in [2.45, 2.75) is 40.3 Å². The summed E-state index contributed by atoms with van der Waals surface area (Å²) in [5.74, 6) is 0.619. The topological polar surface area (TPSA) is 68.3 Å². The highest BCUT2D eigenvalue weighted by Gasteiger charge is 2.19. The van der Waals surface area contributed by atoms with Crippen molar-refractivity contribution in [1.82, 2.24) is 9.55 Å². The van der Waals surface area contributed by atoms with E-state index in [9.17, 15) is 9.59 Å². The van der Waals surface area contributed by atoms with E-state index >= 15 is 0 Å². The Morgan fingerprint density at radius 3 is 2.63 bits per heavy atom. The summed E-state index contributed by atoms with van der Waals surface area (Å²) in [5.41, 5.74) is 2.79. The highest BCUT2D eigenvalue weighted by molar-refractivity contribution is 7.18. The lowest BCUT2D eigenvalue weighted by Crippen LogP contribution is -2.32. The summed E-state index contributed by atoms with van der Waals surface area (Å²) >= 11 is 1.52. The number of nitrogens with zero attached hydrogens (tertiary/aromatic N) is 3. The molecule has 0 radical (unpaired) electrons. The monoisotopic (exact) mass is 421 g/mol. The molecule has 3 aromatic heterocycles. The molecule has 0 spiro atoms. The summed E-state index contributed by atoms with van der Waals surface area (Å²) in [7, 11) is 0. The maximum Gasteiger partial charge on any atom is 0.262 e. The van der Waals surface area contributed by atoms with Crippen molar-refractivity contribution >= 4 is 33.1 Å². The number of fused-ring (bicyclic) bond motifs is 1. The van der Waals surface area contributed by atoms with Gasteiger partial charge < -0.3 is 9.32 Å². The van der Waals surface area contributed by atoms with Crippen LogP contribution in [-0.4, -0.2) is 15.5 Å². The van der Waals surface area contributed by atoms with Crippen molar-refractivity contribution in [3.05, 3.63) is 81.1 Å². The molecule has 4 rings (SSSR count). The minimum atomic E-state index is -0.0948. The van der Waals surface area contributed by atoms with Crippen LogP contribution < -0.4 is 10.5 Å². The number of carbonyl (C=O) groups is 1. The second-order valence-electron chi connectivity index (χ2n) is 7.35. The molecule has 0 N–H and O–H groups in total. The molecule has 0 fully saturated rings. The van der Waals surface area contributed by atoms with E-state index in [1.54, 1.807) is 17.2 Å². The molecule has 0 unspecified atom stereocenters. The van der Waals surface area contributed by atoms with E-state index in [-0.39, 0.29) is 24.4 Å². The first kappa shape index (κ1) is 20.1. The van der Waals surface area contributed by atoms with E-state index in [4.69, 9.17) is 4.42 Å². The molecule has 0 aliphatic rings. The first-order valence-corrected chi connectivity index (χ1v) is 10.6. The van der Waals surface area contributed by atoms with Gasteiger partial charge in [-0.25, -0.2) is 4.98 Å². The fraction of sp³-hybridized carbons (Fsp3) is 0.261. The number of aryl methyl sites for hydroxylation is 4. The second-order valence-corrected chi connectivity index (χ2v) is 8.55. The Bertz CT molecular complexity index is 1240. The Hall–Kier alpha value is -3.19. The van der Waals surface area contributed by atoms with Gasteiger partial charge in [-0.2, -0.15) is 0 Å². The van der Waals surface area contributed by atoms with E-state index in [0.29, 0.717) is 17.7 Å². The number of benzene rings is 1. The van der Waals surface area contributed by atoms with Crippen LogP contribution in [0, 0.1) is 20.8 Å². The standard InChI is InChI=1S/C23H23N3O3S/c1-15-6-8-18(9-7-15)26(13-19-5-4-12-29-19)20(27)10-11-25-14-24-22-21(23(25)28)16(2)17(3)30-22/h4-9,12,14H,10-11,13H2,1-3H3. The van der Waals surface area contributed by atoms with Gasteiger partial charge in [-0.05, 0) is 50.6 Å². The quantitative estimate of drug-likeness (QED) is 0.456. The van der Waals surface area contributed by atoms with Crippen molar-refractivity contribution in [3.8, 4) is 0 Å². The van der Waals surface area contributed by atoms with Gasteiger partial charge in [0.25, 0.3) is 5.56 Å². The summed E-state index contributed by atoms with van der Waals surface area (Å²) < 4.78 is 6.97. The predicted molar refractivity (Wildman–Crippen MR) is 119 cm³/mol. The van der Waals surface area contributed by atoms with Crippen molar-refractivity contribution in [1.29, 1.82) is 0 Å². The first-order chi connectivity index (χ1) is 14.4. The molecule has 0 aliphatic heterocycles. The largest absolute Gasteiger partial charge is 0.467 e. The molecule has 0 saturated heterocycles. The summed E-state index contributed by atoms with van der Waals surface area (Å²) in [4.78, 5) is 34.0. The van der Waals surface area contributed by atoms with Gasteiger partial charge in [-0.1, -0.05) is 17.7 Å². The Morgan fingerprint density at radius 1 is 1.17 bits per heavy atom. The van der Waals surface area contributed by atoms with Gasteiger partial charge in [0.2, 0.25) is 5.91 Å². The number of hydrogen-bond acceptors (Lipinski definition) is 5. The molecule has 1 aromatic carbocycles. The number of anilines is 1. The van der Waals surface area contributed by atoms with E-state index in [2.05, 4.69) is 4.98 Å². The summed E-state index contributed by atoms with van der Waals surface area (Å²) in [6.07, 6.45) is 3.32. The summed E-state index contributed by atoms with van der Waals surface area (Å²) in [6, 6.07) is 11.4. The summed E-state index contributed by atoms with van der Waals surface area (Å²) in [5, 5.41) is 0.651. The van der Waals surface area contributed by atoms with E-state index in [1.165, 1.54) is 22.2 Å². The van der Waals surface area contributed by atoms with Gasteiger partial charge in [-0.15, -0.1) is 11.3 Å². The smallest absolute Gasteiger partial charge is 0.262 e. The predicted octanol–water partition coefficient (Wildman–Crippen LogP) is 4.60. The van der Waals surface area contributed by atoms with Crippen LogP contribution in [0.4, 0.5) is 5.69 Å². The van der Waals surface area contributed by atoms with Gasteiger partial charge in [0.15, 0.2) is 0 Å². The lowest BCUT2D eigenvalue weighted by atomic mass is 10.2. The van der Waals surface area contributed by atoms with Crippen LogP contribution in [0.25, 0.3) is 10.2 Å². The third kappa shape index (κ3) is 3.93. The SMILES string of the molecule is Cc1ccc(N(Cc2ccco2)C(=O)CCn2cnc3sc(C)c(C)c3c2=O)cc1. The maximum atomic E-state index is 13.1. The van der Waals surface area contributed by atoms with Gasteiger partial charge in [0.1, 0.15) is 10.6 Å². The first-order valence-electron chi connectivity index (χ1n) is 9.78. The highest BCUT2D eigenvalue weighted by Crippen LogP contribution is 2.25. The van der Waals surface area contributed by atoms with Crippen LogP contribution in [0.3, 0.4) is 0 Å². The third-order valence-electron chi connectivity index (χ3n) is 5.26. The van der Waals surface area contributed by atoms with Gasteiger partial charge in [0, 0.05) is 23.5 Å². The number of furan rings is 1. The molecule has 3 heterocycles. The zero-order valence-corrected chi connectivity index (χ0v) is 18.0. The molecule has 0 aliphatic carbocycles. The lowest BCUT2D eigenvalue weighted by molar-refractivity contribution is -0.119. The second kappa shape index (κ2) is 8.28. The molecule has 7 heteroatoms. The summed E-state index contributed by atoms with van der Waals surface area (Å²) in [6.45, 7) is 6.55. The Kier molecular flexibility index (Phi) is 5.55. The van der Waals surface area contributed by atoms with Crippen LogP contribution in [-0.2, 0) is 17.9 Å². The number of carbonyl (C=O) groups excluding carboxylic acids is 1. The van der Waals surface area contributed by atoms with Crippen LogP contribution in [0.15, 0.2) is 58.2 Å². The van der Waals surface area contributed by atoms with Gasteiger partial charge >= 0.3 is 0 Å². The van der Waals surface area contributed by atoms with Crippen molar-refractivity contribution in [2.24, 2.45) is 0 Å². The number of thiophene rings is 1. The van der Waals surface area contributed by atoms with Crippen LogP contribution >= 0.6 is 11.3 Å². The molecular weight excluding hydrogens is 398 g/mol. The molecule has 30 heavy (non-hydrogen) atoms. The number of hydrogen-bond donors (Lipinski definition) is 0. The van der Waals surface area contributed by atoms with E-state index in [1.807, 2.05) is 51.1 Å². The molecule has 1 amide bonds. The number of aromatic nitrogens is 2. The Morgan fingerprint density at radius 2 is 1.93 bits per heavy atom. The minimum absolute atomic E-state index is 0.0829. The average Bonchev–Trinajstić information content (AvgIpc) is 3.34. The number of rotatable bonds is 6. The average molecular weight is 422 g/mol. The lowest BCUT2D eigenvalue weighted by Gasteiger charge is -2.22. The van der Waals surface area contributed by atoms with Gasteiger partial charge in [-0.3, -0.25) is 14.2 Å². The fourth-order valence-corrected chi connectivity index (χ4v) is 4.37. The van der Waals surface area contributed by atoms with Crippen LogP contribution in [0.2, 0.25) is 0 Å². The van der Waals surface area contributed by atoms with Gasteiger partial charge in [0.05, 0.1) is 24.5 Å². The Labute approximate surface area is 178 Å². The molecule has 0 bridgehead atoms. The third-order valence-corrected chi connectivity index (χ3v) is 6.38. The van der Waals surface area contributed by atoms with E-state index in [0.717, 1.165) is 26.5 Å². The zero-order chi connectivity index (χ0) is 21.3. The zero-order valence-electron chi connectivity index (χ0n) is 17.2. The van der Waals surface area contributed by atoms with Crippen molar-refractivity contribution in [3.63, 3.8) is 0 Å². The Balaban J connectivity index is 1.57. The molecular formula is C23H23N3O3S. The highest BCUT2D eigenvalue weighted by atomic mass is 32.1. The van der Waals surface area contributed by atoms with Crippen molar-refractivity contribution < 1.29 is 9.21 Å². The van der Waals surface area contributed by atoms with E-state index < -0.39 is 0 Å². The van der Waals surface area contributed by atoms with Crippen LogP contribution in [0.5, 0.6) is 0 Å². The molecule has 0 saturated carbocycles. The molecule has 6 nitrogen and oxygen atoms in total. The van der Waals surface area contributed by atoms with Crippen molar-refractivity contribution in [2.75, 3.05) is 4.90 Å². The normalized spacial score (nSPS) is 11.2. The molecule has 154 valence electrons.